The van der Waals surface area contributed by atoms with E-state index in [4.69, 9.17) is 5.73 Å². The summed E-state index contributed by atoms with van der Waals surface area (Å²) in [5, 5.41) is 2.83. The molecule has 5 heteroatoms. The monoisotopic (exact) mass is 252 g/mol. The molecule has 0 bridgehead atoms. The Kier molecular flexibility index (Phi) is 1.90. The molecular weight excluding hydrogens is 240 g/mol. The topological polar surface area (TPSA) is 80.9 Å². The smallest absolute Gasteiger partial charge is 0.238 e. The fourth-order valence-electron chi connectivity index (χ4n) is 3.26. The van der Waals surface area contributed by atoms with Gasteiger partial charge >= 0.3 is 0 Å². The van der Waals surface area contributed by atoms with Crippen LogP contribution in [0.15, 0.2) is 36.8 Å². The largest absolute Gasteiger partial charge is 0.323 e. The van der Waals surface area contributed by atoms with Crippen molar-refractivity contribution < 1.29 is 4.79 Å². The third kappa shape index (κ3) is 1.15. The zero-order valence-electron chi connectivity index (χ0n) is 10.1. The molecule has 2 atom stereocenters. The minimum Gasteiger partial charge on any atom is -0.323 e. The van der Waals surface area contributed by atoms with Gasteiger partial charge in [0.2, 0.25) is 5.91 Å². The number of amides is 1. The van der Waals surface area contributed by atoms with E-state index < -0.39 is 5.41 Å². The minimum atomic E-state index is -0.750. The SMILES string of the molecule is N[C@H]1c2ccccc2CC12C(=O)Nc1ncncc12. The van der Waals surface area contributed by atoms with Crippen molar-refractivity contribution in [1.82, 2.24) is 9.97 Å². The molecule has 1 aliphatic heterocycles. The average Bonchev–Trinajstić information content (AvgIpc) is 2.89. The number of nitrogens with one attached hydrogen (secondary N) is 1. The van der Waals surface area contributed by atoms with Gasteiger partial charge in [0.15, 0.2) is 0 Å². The number of aromatic nitrogens is 2. The number of rotatable bonds is 0. The number of anilines is 1. The maximum atomic E-state index is 12.5. The number of hydrogen-bond acceptors (Lipinski definition) is 4. The zero-order valence-corrected chi connectivity index (χ0v) is 10.1. The van der Waals surface area contributed by atoms with Crippen molar-refractivity contribution in [1.29, 1.82) is 0 Å². The summed E-state index contributed by atoms with van der Waals surface area (Å²) >= 11 is 0. The summed E-state index contributed by atoms with van der Waals surface area (Å²) in [6.45, 7) is 0. The van der Waals surface area contributed by atoms with E-state index in [1.54, 1.807) is 6.20 Å². The number of nitrogens with two attached hydrogens (primary N) is 1. The second-order valence-electron chi connectivity index (χ2n) is 5.06. The lowest BCUT2D eigenvalue weighted by molar-refractivity contribution is -0.121. The molecule has 2 aliphatic rings. The van der Waals surface area contributed by atoms with Crippen molar-refractivity contribution in [2.24, 2.45) is 5.73 Å². The first kappa shape index (κ1) is 10.6. The van der Waals surface area contributed by atoms with Gasteiger partial charge in [-0.25, -0.2) is 9.97 Å². The average molecular weight is 252 g/mol. The Labute approximate surface area is 109 Å². The molecule has 5 nitrogen and oxygen atoms in total. The van der Waals surface area contributed by atoms with Gasteiger partial charge in [-0.2, -0.15) is 0 Å². The van der Waals surface area contributed by atoms with Gasteiger partial charge in [0.25, 0.3) is 0 Å². The van der Waals surface area contributed by atoms with E-state index in [9.17, 15) is 4.79 Å². The molecule has 0 saturated heterocycles. The van der Waals surface area contributed by atoms with Gasteiger partial charge in [-0.05, 0) is 17.5 Å². The summed E-state index contributed by atoms with van der Waals surface area (Å²) in [4.78, 5) is 20.7. The van der Waals surface area contributed by atoms with Crippen LogP contribution in [0, 0.1) is 0 Å². The molecule has 19 heavy (non-hydrogen) atoms. The van der Waals surface area contributed by atoms with Gasteiger partial charge in [0, 0.05) is 17.8 Å². The van der Waals surface area contributed by atoms with Crippen molar-refractivity contribution in [3.05, 3.63) is 53.5 Å². The van der Waals surface area contributed by atoms with Crippen molar-refractivity contribution in [2.75, 3.05) is 5.32 Å². The molecule has 3 N–H and O–H groups in total. The van der Waals surface area contributed by atoms with Crippen LogP contribution in [0.4, 0.5) is 5.82 Å². The summed E-state index contributed by atoms with van der Waals surface area (Å²) < 4.78 is 0. The molecule has 1 spiro atoms. The first-order chi connectivity index (χ1) is 9.23. The minimum absolute atomic E-state index is 0.0771. The normalized spacial score (nSPS) is 27.2. The summed E-state index contributed by atoms with van der Waals surface area (Å²) in [6.07, 6.45) is 3.74. The molecule has 0 saturated carbocycles. The van der Waals surface area contributed by atoms with Crippen molar-refractivity contribution in [2.45, 2.75) is 17.9 Å². The Morgan fingerprint density at radius 3 is 3.05 bits per heavy atom. The highest BCUT2D eigenvalue weighted by Gasteiger charge is 2.56. The summed E-state index contributed by atoms with van der Waals surface area (Å²) in [5.74, 6) is 0.509. The molecule has 1 aromatic carbocycles. The quantitative estimate of drug-likeness (QED) is 0.730. The van der Waals surface area contributed by atoms with Crippen molar-refractivity contribution in [3.63, 3.8) is 0 Å². The number of fused-ring (bicyclic) bond motifs is 3. The van der Waals surface area contributed by atoms with E-state index in [1.807, 2.05) is 24.3 Å². The lowest BCUT2D eigenvalue weighted by Gasteiger charge is -2.26. The van der Waals surface area contributed by atoms with Gasteiger partial charge in [0.1, 0.15) is 17.6 Å². The Morgan fingerprint density at radius 1 is 1.37 bits per heavy atom. The predicted molar refractivity (Wildman–Crippen MR) is 69.4 cm³/mol. The molecule has 1 amide bonds. The van der Waals surface area contributed by atoms with E-state index in [0.29, 0.717) is 12.2 Å². The summed E-state index contributed by atoms with van der Waals surface area (Å²) in [6, 6.07) is 7.59. The Hall–Kier alpha value is -2.27. The Balaban J connectivity index is 1.96. The van der Waals surface area contributed by atoms with Crippen LogP contribution < -0.4 is 11.1 Å². The molecule has 0 fully saturated rings. The van der Waals surface area contributed by atoms with Crippen LogP contribution in [0.1, 0.15) is 22.7 Å². The fraction of sp³-hybridized carbons (Fsp3) is 0.214. The van der Waals surface area contributed by atoms with E-state index in [1.165, 1.54) is 6.33 Å². The van der Waals surface area contributed by atoms with Crippen LogP contribution in [0.25, 0.3) is 0 Å². The molecular formula is C14H12N4O. The molecule has 1 aliphatic carbocycles. The molecule has 1 unspecified atom stereocenters. The third-order valence-corrected chi connectivity index (χ3v) is 4.22. The maximum absolute atomic E-state index is 12.5. The zero-order chi connectivity index (χ0) is 13.0. The second kappa shape index (κ2) is 3.39. The molecule has 4 rings (SSSR count). The third-order valence-electron chi connectivity index (χ3n) is 4.22. The van der Waals surface area contributed by atoms with Crippen LogP contribution in [-0.2, 0) is 16.6 Å². The van der Waals surface area contributed by atoms with Crippen molar-refractivity contribution in [3.8, 4) is 0 Å². The van der Waals surface area contributed by atoms with Gasteiger partial charge < -0.3 is 11.1 Å². The Bertz CT molecular complexity index is 699. The first-order valence-corrected chi connectivity index (χ1v) is 6.19. The molecule has 2 heterocycles. The Morgan fingerprint density at radius 2 is 2.21 bits per heavy atom. The predicted octanol–water partition coefficient (Wildman–Crippen LogP) is 0.923. The van der Waals surface area contributed by atoms with Crippen molar-refractivity contribution >= 4 is 11.7 Å². The van der Waals surface area contributed by atoms with Crippen LogP contribution >= 0.6 is 0 Å². The molecule has 1 aromatic heterocycles. The molecule has 0 radical (unpaired) electrons. The van der Waals surface area contributed by atoms with Crippen LogP contribution in [0.5, 0.6) is 0 Å². The highest BCUT2D eigenvalue weighted by Crippen LogP contribution is 2.51. The number of benzene rings is 1. The number of hydrogen-bond donors (Lipinski definition) is 2. The van der Waals surface area contributed by atoms with Crippen LogP contribution in [0.3, 0.4) is 0 Å². The second-order valence-corrected chi connectivity index (χ2v) is 5.06. The van der Waals surface area contributed by atoms with Gasteiger partial charge in [0.05, 0.1) is 0 Å². The van der Waals surface area contributed by atoms with E-state index in [0.717, 1.165) is 16.7 Å². The maximum Gasteiger partial charge on any atom is 0.238 e. The summed E-state index contributed by atoms with van der Waals surface area (Å²) in [7, 11) is 0. The number of carbonyl (C=O) groups is 1. The fourth-order valence-corrected chi connectivity index (χ4v) is 3.26. The lowest BCUT2D eigenvalue weighted by Crippen LogP contribution is -2.42. The van der Waals surface area contributed by atoms with Crippen LogP contribution in [0.2, 0.25) is 0 Å². The lowest BCUT2D eigenvalue weighted by atomic mass is 9.77. The molecule has 94 valence electrons. The first-order valence-electron chi connectivity index (χ1n) is 6.19. The van der Waals surface area contributed by atoms with E-state index in [-0.39, 0.29) is 11.9 Å². The van der Waals surface area contributed by atoms with E-state index in [2.05, 4.69) is 15.3 Å². The van der Waals surface area contributed by atoms with Gasteiger partial charge in [-0.3, -0.25) is 4.79 Å². The van der Waals surface area contributed by atoms with E-state index >= 15 is 0 Å². The van der Waals surface area contributed by atoms with Crippen LogP contribution in [-0.4, -0.2) is 15.9 Å². The number of carbonyl (C=O) groups excluding carboxylic acids is 1. The van der Waals surface area contributed by atoms with Gasteiger partial charge in [-0.15, -0.1) is 0 Å². The highest BCUT2D eigenvalue weighted by molar-refractivity contribution is 6.06. The highest BCUT2D eigenvalue weighted by atomic mass is 16.2. The standard InChI is InChI=1S/C14H12N4O/c15-11-9-4-2-1-3-8(9)5-14(11)10-6-16-7-17-12(10)18-13(14)19/h1-4,6-7,11H,5,15H2,(H,16,17,18,19)/t11-,14?/m0/s1. The molecule has 2 aromatic rings. The summed E-state index contributed by atoms with van der Waals surface area (Å²) in [5.41, 5.74) is 8.60. The number of nitrogens with zero attached hydrogens (tertiary/aromatic N) is 2. The van der Waals surface area contributed by atoms with Gasteiger partial charge in [-0.1, -0.05) is 24.3 Å².